The third kappa shape index (κ3) is 3.99. The number of ether oxygens (including phenoxy) is 1. The number of fused-ring (bicyclic) bond motifs is 1. The monoisotopic (exact) mass is 482 g/mol. The minimum atomic E-state index is -1.31. The SMILES string of the molecule is CS(=O)c1cn(-c2ncc(-c3c(F)cccc3F)cn2)c2cc(C(=O)N3CCOCC3)ccc12. The number of carbonyl (C=O) groups excluding carboxylic acids is 1. The number of amides is 1. The van der Waals surface area contributed by atoms with Crippen LogP contribution in [-0.4, -0.2) is 62.1 Å². The number of halogens is 2. The average Bonchev–Trinajstić information content (AvgIpc) is 3.24. The van der Waals surface area contributed by atoms with Crippen LogP contribution in [0.1, 0.15) is 10.4 Å². The summed E-state index contributed by atoms with van der Waals surface area (Å²) in [4.78, 5) is 23.9. The molecule has 10 heteroatoms. The normalized spacial score (nSPS) is 15.0. The zero-order valence-corrected chi connectivity index (χ0v) is 19.0. The highest BCUT2D eigenvalue weighted by Crippen LogP contribution is 2.29. The van der Waals surface area contributed by atoms with Gasteiger partial charge in [0.05, 0.1) is 40.0 Å². The van der Waals surface area contributed by atoms with Crippen LogP contribution in [0.3, 0.4) is 0 Å². The highest BCUT2D eigenvalue weighted by atomic mass is 32.2. The summed E-state index contributed by atoms with van der Waals surface area (Å²) < 4.78 is 47.6. The minimum absolute atomic E-state index is 0.122. The molecular weight excluding hydrogens is 462 g/mol. The Labute approximate surface area is 196 Å². The molecule has 0 aliphatic carbocycles. The highest BCUT2D eigenvalue weighted by molar-refractivity contribution is 7.84. The quantitative estimate of drug-likeness (QED) is 0.445. The largest absolute Gasteiger partial charge is 0.378 e. The Morgan fingerprint density at radius 3 is 2.38 bits per heavy atom. The third-order valence-corrected chi connectivity index (χ3v) is 6.67. The number of hydrogen-bond acceptors (Lipinski definition) is 5. The number of hydrogen-bond donors (Lipinski definition) is 0. The molecule has 0 N–H and O–H groups in total. The molecule has 1 aliphatic rings. The summed E-state index contributed by atoms with van der Waals surface area (Å²) >= 11 is 0. The molecule has 1 saturated heterocycles. The molecular formula is C24H20F2N4O3S. The fourth-order valence-corrected chi connectivity index (χ4v) is 4.76. The molecule has 1 amide bonds. The Morgan fingerprint density at radius 2 is 1.74 bits per heavy atom. The van der Waals surface area contributed by atoms with Crippen molar-refractivity contribution >= 4 is 27.6 Å². The summed E-state index contributed by atoms with van der Waals surface area (Å²) in [5.41, 5.74) is 1.07. The van der Waals surface area contributed by atoms with Crippen molar-refractivity contribution in [3.63, 3.8) is 0 Å². The van der Waals surface area contributed by atoms with Crippen molar-refractivity contribution in [2.24, 2.45) is 0 Å². The molecule has 34 heavy (non-hydrogen) atoms. The van der Waals surface area contributed by atoms with Gasteiger partial charge >= 0.3 is 0 Å². The van der Waals surface area contributed by atoms with Crippen LogP contribution < -0.4 is 0 Å². The lowest BCUT2D eigenvalue weighted by Gasteiger charge is -2.26. The fraction of sp³-hybridized carbons (Fsp3) is 0.208. The summed E-state index contributed by atoms with van der Waals surface area (Å²) in [6, 6.07) is 8.82. The van der Waals surface area contributed by atoms with E-state index in [1.165, 1.54) is 30.6 Å². The van der Waals surface area contributed by atoms with E-state index in [2.05, 4.69) is 9.97 Å². The molecule has 1 fully saturated rings. The predicted molar refractivity (Wildman–Crippen MR) is 123 cm³/mol. The van der Waals surface area contributed by atoms with E-state index in [9.17, 15) is 17.8 Å². The maximum absolute atomic E-state index is 14.2. The average molecular weight is 483 g/mol. The van der Waals surface area contributed by atoms with Crippen LogP contribution in [-0.2, 0) is 15.5 Å². The van der Waals surface area contributed by atoms with Crippen molar-refractivity contribution in [2.75, 3.05) is 32.6 Å². The van der Waals surface area contributed by atoms with Gasteiger partial charge in [-0.2, -0.15) is 0 Å². The van der Waals surface area contributed by atoms with Crippen molar-refractivity contribution in [1.82, 2.24) is 19.4 Å². The molecule has 0 radical (unpaired) electrons. The van der Waals surface area contributed by atoms with E-state index in [1.54, 1.807) is 40.1 Å². The van der Waals surface area contributed by atoms with Gasteiger partial charge in [-0.05, 0) is 24.3 Å². The number of rotatable bonds is 4. The molecule has 0 bridgehead atoms. The van der Waals surface area contributed by atoms with Crippen molar-refractivity contribution in [1.29, 1.82) is 0 Å². The van der Waals surface area contributed by atoms with Gasteiger partial charge in [-0.15, -0.1) is 0 Å². The van der Waals surface area contributed by atoms with E-state index in [4.69, 9.17) is 4.74 Å². The lowest BCUT2D eigenvalue weighted by molar-refractivity contribution is 0.0303. The van der Waals surface area contributed by atoms with Gasteiger partial charge in [0.2, 0.25) is 5.95 Å². The van der Waals surface area contributed by atoms with E-state index in [0.29, 0.717) is 47.7 Å². The van der Waals surface area contributed by atoms with Gasteiger partial charge in [-0.1, -0.05) is 12.1 Å². The Bertz CT molecular complexity index is 1400. The second-order valence-corrected chi connectivity index (χ2v) is 9.17. The number of aromatic nitrogens is 3. The molecule has 2 aromatic heterocycles. The van der Waals surface area contributed by atoms with Crippen LogP contribution in [0.2, 0.25) is 0 Å². The molecule has 0 spiro atoms. The maximum atomic E-state index is 14.2. The topological polar surface area (TPSA) is 77.3 Å². The molecule has 3 heterocycles. The number of benzene rings is 2. The maximum Gasteiger partial charge on any atom is 0.254 e. The van der Waals surface area contributed by atoms with Crippen LogP contribution in [0.15, 0.2) is 59.9 Å². The number of morpholine rings is 1. The highest BCUT2D eigenvalue weighted by Gasteiger charge is 2.21. The Morgan fingerprint density at radius 1 is 1.06 bits per heavy atom. The molecule has 7 nitrogen and oxygen atoms in total. The second kappa shape index (κ2) is 9.03. The van der Waals surface area contributed by atoms with Gasteiger partial charge in [0.1, 0.15) is 11.6 Å². The first-order chi connectivity index (χ1) is 16.4. The van der Waals surface area contributed by atoms with E-state index in [0.717, 1.165) is 0 Å². The molecule has 1 unspecified atom stereocenters. The van der Waals surface area contributed by atoms with Gasteiger partial charge in [-0.3, -0.25) is 13.6 Å². The Kier molecular flexibility index (Phi) is 5.93. The summed E-state index contributed by atoms with van der Waals surface area (Å²) in [7, 11) is -1.31. The summed E-state index contributed by atoms with van der Waals surface area (Å²) in [6.07, 6.45) is 5.89. The number of carbonyl (C=O) groups is 1. The van der Waals surface area contributed by atoms with E-state index in [-0.39, 0.29) is 23.0 Å². The van der Waals surface area contributed by atoms with Crippen LogP contribution in [0.4, 0.5) is 8.78 Å². The van der Waals surface area contributed by atoms with Gasteiger partial charge < -0.3 is 9.64 Å². The number of nitrogens with zero attached hydrogens (tertiary/aromatic N) is 4. The van der Waals surface area contributed by atoms with Gasteiger partial charge in [0, 0.05) is 54.4 Å². The van der Waals surface area contributed by atoms with Crippen LogP contribution in [0.25, 0.3) is 28.0 Å². The first-order valence-electron chi connectivity index (χ1n) is 10.6. The van der Waals surface area contributed by atoms with Gasteiger partial charge in [-0.25, -0.2) is 18.7 Å². The fourth-order valence-electron chi connectivity index (χ4n) is 4.02. The third-order valence-electron chi connectivity index (χ3n) is 5.73. The lowest BCUT2D eigenvalue weighted by Crippen LogP contribution is -2.40. The van der Waals surface area contributed by atoms with Crippen molar-refractivity contribution in [3.8, 4) is 17.1 Å². The van der Waals surface area contributed by atoms with Crippen molar-refractivity contribution in [2.45, 2.75) is 4.90 Å². The van der Waals surface area contributed by atoms with Crippen LogP contribution in [0.5, 0.6) is 0 Å². The van der Waals surface area contributed by atoms with E-state index >= 15 is 0 Å². The minimum Gasteiger partial charge on any atom is -0.378 e. The van der Waals surface area contributed by atoms with E-state index < -0.39 is 22.4 Å². The summed E-state index contributed by atoms with van der Waals surface area (Å²) in [5, 5.41) is 0.701. The van der Waals surface area contributed by atoms with Gasteiger partial charge in [0.25, 0.3) is 5.91 Å². The molecule has 4 aromatic rings. The second-order valence-electron chi connectivity index (χ2n) is 7.82. The van der Waals surface area contributed by atoms with E-state index in [1.807, 2.05) is 0 Å². The molecule has 1 atom stereocenters. The zero-order valence-electron chi connectivity index (χ0n) is 18.2. The first-order valence-corrected chi connectivity index (χ1v) is 12.1. The smallest absolute Gasteiger partial charge is 0.254 e. The first kappa shape index (κ1) is 22.3. The predicted octanol–water partition coefficient (Wildman–Crippen LogP) is 3.58. The molecule has 5 rings (SSSR count). The summed E-state index contributed by atoms with van der Waals surface area (Å²) in [6.45, 7) is 2.01. The molecule has 2 aromatic carbocycles. The molecule has 174 valence electrons. The van der Waals surface area contributed by atoms with Crippen molar-refractivity contribution < 1.29 is 22.5 Å². The summed E-state index contributed by atoms with van der Waals surface area (Å²) in [5.74, 6) is -1.32. The Hall–Kier alpha value is -3.50. The Balaban J connectivity index is 1.58. The van der Waals surface area contributed by atoms with Crippen molar-refractivity contribution in [3.05, 3.63) is 72.2 Å². The van der Waals surface area contributed by atoms with Gasteiger partial charge in [0.15, 0.2) is 0 Å². The zero-order chi connectivity index (χ0) is 23.8. The lowest BCUT2D eigenvalue weighted by atomic mass is 10.1. The van der Waals surface area contributed by atoms with Crippen LogP contribution >= 0.6 is 0 Å². The molecule has 1 aliphatic heterocycles. The standard InChI is InChI=1S/C24H20F2N4O3S/c1-34(32)21-14-30(24-27-12-16(13-28-24)22-18(25)3-2-4-19(22)26)20-11-15(5-6-17(20)21)23(31)29-7-9-33-10-8-29/h2-6,11-14H,7-10H2,1H3. The van der Waals surface area contributed by atoms with Crippen LogP contribution in [0, 0.1) is 11.6 Å². The molecule has 0 saturated carbocycles.